The predicted octanol–water partition coefficient (Wildman–Crippen LogP) is 4.38. The largest absolute Gasteiger partial charge is 0.316 e. The van der Waals surface area contributed by atoms with Gasteiger partial charge in [-0.1, -0.05) is 44.2 Å². The standard InChI is InChI=1S/C19H29N/c1-14-11-15(2)13-16(12-14)18(20-3)19(9-10-19)17-7-5-4-6-8-17/h4-8,14-16,18,20H,9-13H2,1-3H3. The predicted molar refractivity (Wildman–Crippen MR) is 85.9 cm³/mol. The van der Waals surface area contributed by atoms with Crippen molar-refractivity contribution in [1.82, 2.24) is 5.32 Å². The Labute approximate surface area is 124 Å². The van der Waals surface area contributed by atoms with E-state index in [1.54, 1.807) is 5.56 Å². The Hall–Kier alpha value is -0.820. The van der Waals surface area contributed by atoms with Crippen LogP contribution in [0, 0.1) is 17.8 Å². The van der Waals surface area contributed by atoms with Crippen LogP contribution in [0.2, 0.25) is 0 Å². The highest BCUT2D eigenvalue weighted by Gasteiger charge is 2.53. The zero-order valence-corrected chi connectivity index (χ0v) is 13.2. The summed E-state index contributed by atoms with van der Waals surface area (Å²) in [6, 6.07) is 11.9. The monoisotopic (exact) mass is 271 g/mol. The summed E-state index contributed by atoms with van der Waals surface area (Å²) in [4.78, 5) is 0. The fourth-order valence-corrected chi connectivity index (χ4v) is 4.93. The minimum atomic E-state index is 0.428. The van der Waals surface area contributed by atoms with Gasteiger partial charge in [0.1, 0.15) is 0 Å². The molecule has 2 aliphatic carbocycles. The van der Waals surface area contributed by atoms with Crippen LogP contribution in [0.1, 0.15) is 51.5 Å². The van der Waals surface area contributed by atoms with Gasteiger partial charge in [0.05, 0.1) is 0 Å². The molecule has 1 nitrogen and oxygen atoms in total. The molecule has 2 saturated carbocycles. The molecule has 0 heterocycles. The maximum Gasteiger partial charge on any atom is 0.0189 e. The minimum absolute atomic E-state index is 0.428. The molecule has 0 amide bonds. The van der Waals surface area contributed by atoms with Gasteiger partial charge >= 0.3 is 0 Å². The van der Waals surface area contributed by atoms with Crippen molar-refractivity contribution in [2.24, 2.45) is 17.8 Å². The third-order valence-electron chi connectivity index (χ3n) is 5.73. The maximum absolute atomic E-state index is 3.71. The number of likely N-dealkylation sites (N-methyl/N-ethyl adjacent to an activating group) is 1. The molecule has 3 atom stereocenters. The zero-order valence-electron chi connectivity index (χ0n) is 13.2. The maximum atomic E-state index is 3.71. The van der Waals surface area contributed by atoms with Crippen LogP contribution in [0.3, 0.4) is 0 Å². The average Bonchev–Trinajstić information content (AvgIpc) is 3.21. The normalized spacial score (nSPS) is 33.6. The van der Waals surface area contributed by atoms with E-state index in [1.165, 1.54) is 32.1 Å². The smallest absolute Gasteiger partial charge is 0.0189 e. The van der Waals surface area contributed by atoms with Gasteiger partial charge < -0.3 is 5.32 Å². The molecular formula is C19H29N. The van der Waals surface area contributed by atoms with Crippen molar-refractivity contribution >= 4 is 0 Å². The van der Waals surface area contributed by atoms with E-state index in [1.807, 2.05) is 0 Å². The highest BCUT2D eigenvalue weighted by atomic mass is 14.9. The molecule has 20 heavy (non-hydrogen) atoms. The molecule has 110 valence electrons. The van der Waals surface area contributed by atoms with Gasteiger partial charge in [-0.05, 0) is 62.5 Å². The second kappa shape index (κ2) is 5.52. The summed E-state index contributed by atoms with van der Waals surface area (Å²) >= 11 is 0. The SMILES string of the molecule is CNC(C1CC(C)CC(C)C1)C1(c2ccccc2)CC1. The van der Waals surface area contributed by atoms with Gasteiger partial charge in [0.25, 0.3) is 0 Å². The summed E-state index contributed by atoms with van der Waals surface area (Å²) < 4.78 is 0. The third-order valence-corrected chi connectivity index (χ3v) is 5.73. The molecule has 0 bridgehead atoms. The van der Waals surface area contributed by atoms with E-state index in [4.69, 9.17) is 0 Å². The average molecular weight is 271 g/mol. The Kier molecular flexibility index (Phi) is 3.90. The molecule has 0 radical (unpaired) electrons. The van der Waals surface area contributed by atoms with Crippen LogP contribution < -0.4 is 5.32 Å². The summed E-state index contributed by atoms with van der Waals surface area (Å²) in [5.41, 5.74) is 1.99. The van der Waals surface area contributed by atoms with E-state index in [0.717, 1.165) is 17.8 Å². The lowest BCUT2D eigenvalue weighted by Crippen LogP contribution is -2.46. The van der Waals surface area contributed by atoms with E-state index in [9.17, 15) is 0 Å². The van der Waals surface area contributed by atoms with Gasteiger partial charge in [-0.3, -0.25) is 0 Å². The Bertz CT molecular complexity index is 424. The second-order valence-electron chi connectivity index (χ2n) is 7.47. The highest BCUT2D eigenvalue weighted by molar-refractivity contribution is 5.34. The molecular weight excluding hydrogens is 242 g/mol. The number of benzene rings is 1. The molecule has 1 heteroatoms. The molecule has 3 rings (SSSR count). The first-order valence-electron chi connectivity index (χ1n) is 8.38. The molecule has 1 aromatic carbocycles. The van der Waals surface area contributed by atoms with E-state index in [-0.39, 0.29) is 0 Å². The Morgan fingerprint density at radius 3 is 2.10 bits per heavy atom. The summed E-state index contributed by atoms with van der Waals surface area (Å²) in [5, 5.41) is 3.71. The Balaban J connectivity index is 1.83. The lowest BCUT2D eigenvalue weighted by molar-refractivity contribution is 0.160. The fourth-order valence-electron chi connectivity index (χ4n) is 4.93. The Morgan fingerprint density at radius 2 is 1.60 bits per heavy atom. The minimum Gasteiger partial charge on any atom is -0.316 e. The van der Waals surface area contributed by atoms with Crippen LogP contribution in [-0.4, -0.2) is 13.1 Å². The van der Waals surface area contributed by atoms with E-state index in [0.29, 0.717) is 11.5 Å². The molecule has 0 aliphatic heterocycles. The van der Waals surface area contributed by atoms with Crippen molar-refractivity contribution < 1.29 is 0 Å². The quantitative estimate of drug-likeness (QED) is 0.857. The lowest BCUT2D eigenvalue weighted by atomic mass is 9.69. The first-order valence-corrected chi connectivity index (χ1v) is 8.38. The topological polar surface area (TPSA) is 12.0 Å². The summed E-state index contributed by atoms with van der Waals surface area (Å²) in [7, 11) is 2.18. The van der Waals surface area contributed by atoms with Crippen molar-refractivity contribution in [3.8, 4) is 0 Å². The summed E-state index contributed by atoms with van der Waals surface area (Å²) in [5.74, 6) is 2.64. The van der Waals surface area contributed by atoms with Gasteiger partial charge in [-0.15, -0.1) is 0 Å². The lowest BCUT2D eigenvalue weighted by Gasteiger charge is -2.40. The van der Waals surface area contributed by atoms with Gasteiger partial charge in [0.2, 0.25) is 0 Å². The molecule has 1 N–H and O–H groups in total. The molecule has 2 aliphatic rings. The van der Waals surface area contributed by atoms with Crippen LogP contribution in [0.15, 0.2) is 30.3 Å². The van der Waals surface area contributed by atoms with Crippen LogP contribution in [0.25, 0.3) is 0 Å². The van der Waals surface area contributed by atoms with Crippen molar-refractivity contribution in [3.05, 3.63) is 35.9 Å². The molecule has 2 fully saturated rings. The number of hydrogen-bond acceptors (Lipinski definition) is 1. The number of rotatable bonds is 4. The summed E-state index contributed by atoms with van der Waals surface area (Å²) in [6.45, 7) is 4.88. The van der Waals surface area contributed by atoms with Gasteiger partial charge in [0, 0.05) is 11.5 Å². The molecule has 0 saturated heterocycles. The van der Waals surface area contributed by atoms with Crippen LogP contribution in [-0.2, 0) is 5.41 Å². The molecule has 0 aromatic heterocycles. The highest BCUT2D eigenvalue weighted by Crippen LogP contribution is 2.54. The molecule has 3 unspecified atom stereocenters. The van der Waals surface area contributed by atoms with Crippen LogP contribution >= 0.6 is 0 Å². The Morgan fingerprint density at radius 1 is 1.00 bits per heavy atom. The van der Waals surface area contributed by atoms with Crippen molar-refractivity contribution in [1.29, 1.82) is 0 Å². The molecule has 1 aromatic rings. The van der Waals surface area contributed by atoms with Gasteiger partial charge in [0.15, 0.2) is 0 Å². The first kappa shape index (κ1) is 14.1. The zero-order chi connectivity index (χ0) is 14.2. The van der Waals surface area contributed by atoms with Crippen LogP contribution in [0.4, 0.5) is 0 Å². The van der Waals surface area contributed by atoms with E-state index < -0.39 is 0 Å². The van der Waals surface area contributed by atoms with Crippen molar-refractivity contribution in [2.75, 3.05) is 7.05 Å². The van der Waals surface area contributed by atoms with Crippen molar-refractivity contribution in [2.45, 2.75) is 57.4 Å². The second-order valence-corrected chi connectivity index (χ2v) is 7.47. The van der Waals surface area contributed by atoms with E-state index in [2.05, 4.69) is 56.5 Å². The molecule has 0 spiro atoms. The third kappa shape index (κ3) is 2.53. The van der Waals surface area contributed by atoms with Gasteiger partial charge in [-0.25, -0.2) is 0 Å². The summed E-state index contributed by atoms with van der Waals surface area (Å²) in [6.07, 6.45) is 6.96. The number of nitrogens with one attached hydrogen (secondary N) is 1. The van der Waals surface area contributed by atoms with E-state index >= 15 is 0 Å². The van der Waals surface area contributed by atoms with Crippen LogP contribution in [0.5, 0.6) is 0 Å². The van der Waals surface area contributed by atoms with Gasteiger partial charge in [-0.2, -0.15) is 0 Å². The first-order chi connectivity index (χ1) is 9.65. The number of hydrogen-bond donors (Lipinski definition) is 1. The fraction of sp³-hybridized carbons (Fsp3) is 0.684. The van der Waals surface area contributed by atoms with Crippen molar-refractivity contribution in [3.63, 3.8) is 0 Å².